The Kier molecular flexibility index (Phi) is 4.42. The Labute approximate surface area is 129 Å². The zero-order valence-electron chi connectivity index (χ0n) is 12.4. The van der Waals surface area contributed by atoms with E-state index in [9.17, 15) is 9.59 Å². The number of imide groups is 1. The number of urea groups is 1. The molecule has 1 aliphatic rings. The number of benzene rings is 1. The van der Waals surface area contributed by atoms with Crippen LogP contribution in [0, 0.1) is 0 Å². The topological polar surface area (TPSA) is 58.6 Å². The summed E-state index contributed by atoms with van der Waals surface area (Å²) in [7, 11) is 1.56. The second-order valence-corrected chi connectivity index (χ2v) is 5.48. The molecule has 2 rings (SSSR count). The van der Waals surface area contributed by atoms with Crippen LogP contribution in [0.4, 0.5) is 4.79 Å². The summed E-state index contributed by atoms with van der Waals surface area (Å²) < 4.78 is 5.31. The number of nitrogens with zero attached hydrogens (tertiary/aromatic N) is 1. The van der Waals surface area contributed by atoms with Gasteiger partial charge in [-0.25, -0.2) is 4.79 Å². The number of hydrogen-bond donors (Lipinski definition) is 1. The summed E-state index contributed by atoms with van der Waals surface area (Å²) in [6, 6.07) is 4.87. The van der Waals surface area contributed by atoms with Crippen molar-refractivity contribution in [1.82, 2.24) is 10.2 Å². The summed E-state index contributed by atoms with van der Waals surface area (Å²) in [5.41, 5.74) is -0.0224. The van der Waals surface area contributed by atoms with Crippen LogP contribution in [0.2, 0.25) is 5.02 Å². The van der Waals surface area contributed by atoms with Crippen LogP contribution in [0.15, 0.2) is 18.2 Å². The molecule has 21 heavy (non-hydrogen) atoms. The van der Waals surface area contributed by atoms with Gasteiger partial charge >= 0.3 is 6.03 Å². The minimum absolute atomic E-state index is 0.238. The SMILES string of the molecule is CCC1(CC)C(=O)NC(=O)N1Cc1cc(Cl)ccc1OC. The second kappa shape index (κ2) is 5.93. The van der Waals surface area contributed by atoms with Crippen molar-refractivity contribution in [2.45, 2.75) is 38.8 Å². The zero-order valence-corrected chi connectivity index (χ0v) is 13.2. The highest BCUT2D eigenvalue weighted by molar-refractivity contribution is 6.30. The fourth-order valence-electron chi connectivity index (χ4n) is 2.81. The standard InChI is InChI=1S/C15H19ClN2O3/c1-4-15(5-2)13(19)17-14(20)18(15)9-10-8-11(16)6-7-12(10)21-3/h6-8H,4-5,9H2,1-3H3,(H,17,19,20). The van der Waals surface area contributed by atoms with E-state index in [-0.39, 0.29) is 18.5 Å². The van der Waals surface area contributed by atoms with Crippen LogP contribution in [0.3, 0.4) is 0 Å². The van der Waals surface area contributed by atoms with E-state index in [1.165, 1.54) is 0 Å². The molecule has 0 saturated carbocycles. The first kappa shape index (κ1) is 15.6. The van der Waals surface area contributed by atoms with E-state index in [0.717, 1.165) is 5.56 Å². The second-order valence-electron chi connectivity index (χ2n) is 5.04. The first-order chi connectivity index (χ1) is 9.98. The van der Waals surface area contributed by atoms with Crippen LogP contribution in [0.25, 0.3) is 0 Å². The summed E-state index contributed by atoms with van der Waals surface area (Å²) >= 11 is 6.02. The van der Waals surface area contributed by atoms with E-state index in [1.54, 1.807) is 30.2 Å². The first-order valence-corrected chi connectivity index (χ1v) is 7.31. The van der Waals surface area contributed by atoms with Gasteiger partial charge in [0.15, 0.2) is 0 Å². The van der Waals surface area contributed by atoms with Gasteiger partial charge in [-0.05, 0) is 31.0 Å². The fraction of sp³-hybridized carbons (Fsp3) is 0.467. The molecule has 1 saturated heterocycles. The molecule has 0 aromatic heterocycles. The summed E-state index contributed by atoms with van der Waals surface area (Å²) in [5, 5.41) is 2.97. The Balaban J connectivity index is 2.39. The summed E-state index contributed by atoms with van der Waals surface area (Å²) in [4.78, 5) is 25.9. The molecule has 1 heterocycles. The van der Waals surface area contributed by atoms with Gasteiger partial charge in [-0.15, -0.1) is 0 Å². The molecule has 1 aromatic carbocycles. The maximum atomic E-state index is 12.2. The van der Waals surface area contributed by atoms with Gasteiger partial charge < -0.3 is 9.64 Å². The van der Waals surface area contributed by atoms with Crippen molar-refractivity contribution in [3.8, 4) is 5.75 Å². The maximum Gasteiger partial charge on any atom is 0.325 e. The van der Waals surface area contributed by atoms with Crippen molar-refractivity contribution in [3.63, 3.8) is 0 Å². The maximum absolute atomic E-state index is 12.2. The van der Waals surface area contributed by atoms with E-state index in [2.05, 4.69) is 5.32 Å². The molecule has 1 aromatic rings. The molecule has 0 bridgehead atoms. The lowest BCUT2D eigenvalue weighted by Gasteiger charge is -2.33. The van der Waals surface area contributed by atoms with Crippen molar-refractivity contribution in [2.24, 2.45) is 0 Å². The fourth-order valence-corrected chi connectivity index (χ4v) is 3.01. The Hall–Kier alpha value is -1.75. The zero-order chi connectivity index (χ0) is 15.6. The summed E-state index contributed by atoms with van der Waals surface area (Å²) in [6.45, 7) is 4.09. The molecule has 1 N–H and O–H groups in total. The molecule has 114 valence electrons. The number of ether oxygens (including phenoxy) is 1. The highest BCUT2D eigenvalue weighted by atomic mass is 35.5. The lowest BCUT2D eigenvalue weighted by molar-refractivity contribution is -0.127. The Bertz CT molecular complexity index is 570. The lowest BCUT2D eigenvalue weighted by atomic mass is 9.91. The molecular weight excluding hydrogens is 292 g/mol. The van der Waals surface area contributed by atoms with E-state index in [4.69, 9.17) is 16.3 Å². The molecule has 0 spiro atoms. The molecule has 0 atom stereocenters. The van der Waals surface area contributed by atoms with Crippen LogP contribution < -0.4 is 10.1 Å². The summed E-state index contributed by atoms with van der Waals surface area (Å²) in [5.74, 6) is 0.408. The third kappa shape index (κ3) is 2.58. The number of rotatable bonds is 5. The normalized spacial score (nSPS) is 17.0. The minimum atomic E-state index is -0.801. The van der Waals surface area contributed by atoms with Gasteiger partial charge in [0.1, 0.15) is 11.3 Å². The van der Waals surface area contributed by atoms with E-state index in [0.29, 0.717) is 23.6 Å². The van der Waals surface area contributed by atoms with Gasteiger partial charge in [0.2, 0.25) is 0 Å². The molecule has 0 radical (unpaired) electrons. The number of methoxy groups -OCH3 is 1. The Morgan fingerprint density at radius 1 is 1.29 bits per heavy atom. The number of carbonyl (C=O) groups is 2. The molecule has 0 aliphatic carbocycles. The van der Waals surface area contributed by atoms with Crippen LogP contribution in [0.5, 0.6) is 5.75 Å². The Morgan fingerprint density at radius 2 is 1.95 bits per heavy atom. The lowest BCUT2D eigenvalue weighted by Crippen LogP contribution is -2.48. The quantitative estimate of drug-likeness (QED) is 0.851. The highest BCUT2D eigenvalue weighted by Crippen LogP contribution is 2.33. The monoisotopic (exact) mass is 310 g/mol. The van der Waals surface area contributed by atoms with Crippen molar-refractivity contribution in [3.05, 3.63) is 28.8 Å². The van der Waals surface area contributed by atoms with Crippen molar-refractivity contribution < 1.29 is 14.3 Å². The molecule has 0 unspecified atom stereocenters. The predicted octanol–water partition coefficient (Wildman–Crippen LogP) is 2.96. The molecule has 1 fully saturated rings. The average molecular weight is 311 g/mol. The third-order valence-corrected chi connectivity index (χ3v) is 4.38. The smallest absolute Gasteiger partial charge is 0.325 e. The molecule has 3 amide bonds. The van der Waals surface area contributed by atoms with Crippen LogP contribution in [0.1, 0.15) is 32.3 Å². The number of amides is 3. The van der Waals surface area contributed by atoms with Crippen LogP contribution >= 0.6 is 11.6 Å². The van der Waals surface area contributed by atoms with Gasteiger partial charge in [0.05, 0.1) is 13.7 Å². The molecule has 6 heteroatoms. The van der Waals surface area contributed by atoms with Gasteiger partial charge in [-0.3, -0.25) is 10.1 Å². The number of hydrogen-bond acceptors (Lipinski definition) is 3. The largest absolute Gasteiger partial charge is 0.496 e. The number of halogens is 1. The van der Waals surface area contributed by atoms with Crippen LogP contribution in [-0.2, 0) is 11.3 Å². The van der Waals surface area contributed by atoms with Crippen LogP contribution in [-0.4, -0.2) is 29.5 Å². The van der Waals surface area contributed by atoms with E-state index in [1.807, 2.05) is 13.8 Å². The molecular formula is C15H19ClN2O3. The van der Waals surface area contributed by atoms with Gasteiger partial charge in [-0.1, -0.05) is 25.4 Å². The number of nitrogens with one attached hydrogen (secondary N) is 1. The highest BCUT2D eigenvalue weighted by Gasteiger charge is 2.50. The Morgan fingerprint density at radius 3 is 2.52 bits per heavy atom. The number of carbonyl (C=O) groups excluding carboxylic acids is 2. The van der Waals surface area contributed by atoms with Gasteiger partial charge in [-0.2, -0.15) is 0 Å². The third-order valence-electron chi connectivity index (χ3n) is 4.15. The molecule has 1 aliphatic heterocycles. The van der Waals surface area contributed by atoms with Crippen molar-refractivity contribution >= 4 is 23.5 Å². The minimum Gasteiger partial charge on any atom is -0.496 e. The van der Waals surface area contributed by atoms with Gasteiger partial charge in [0.25, 0.3) is 5.91 Å². The first-order valence-electron chi connectivity index (χ1n) is 6.94. The average Bonchev–Trinajstić information content (AvgIpc) is 2.70. The predicted molar refractivity (Wildman–Crippen MR) is 80.4 cm³/mol. The van der Waals surface area contributed by atoms with E-state index < -0.39 is 5.54 Å². The summed E-state index contributed by atoms with van der Waals surface area (Å²) in [6.07, 6.45) is 1.12. The van der Waals surface area contributed by atoms with Crippen molar-refractivity contribution in [2.75, 3.05) is 7.11 Å². The van der Waals surface area contributed by atoms with E-state index >= 15 is 0 Å². The van der Waals surface area contributed by atoms with Crippen molar-refractivity contribution in [1.29, 1.82) is 0 Å². The van der Waals surface area contributed by atoms with Gasteiger partial charge in [0, 0.05) is 10.6 Å². The molecule has 5 nitrogen and oxygen atoms in total.